The van der Waals surface area contributed by atoms with Crippen LogP contribution >= 0.6 is 0 Å². The third kappa shape index (κ3) is 5.06. The van der Waals surface area contributed by atoms with Crippen molar-refractivity contribution in [2.75, 3.05) is 0 Å². The molecule has 1 aliphatic carbocycles. The van der Waals surface area contributed by atoms with Crippen molar-refractivity contribution in [2.45, 2.75) is 18.8 Å². The summed E-state index contributed by atoms with van der Waals surface area (Å²) in [4.78, 5) is 0. The topological polar surface area (TPSA) is 519 Å². The molecule has 1 fully saturated rings. The third-order valence-electron chi connectivity index (χ3n) is 12.7. The summed E-state index contributed by atoms with van der Waals surface area (Å²) in [5, 5.41) is 273. The summed E-state index contributed by atoms with van der Waals surface area (Å²) < 4.78 is 5.23. The molecule has 1 aromatic heterocycles. The molecule has 1 aliphatic rings. The summed E-state index contributed by atoms with van der Waals surface area (Å²) >= 11 is 0. The van der Waals surface area contributed by atoms with Gasteiger partial charge in [0.2, 0.25) is 51.7 Å². The van der Waals surface area contributed by atoms with E-state index in [2.05, 4.69) is 0 Å². The normalized spacial score (nSPS) is 12.9. The number of phenols is 25. The zero-order valence-electron chi connectivity index (χ0n) is 34.6. The molecule has 1 heterocycles. The Kier molecular flexibility index (Phi) is 8.54. The van der Waals surface area contributed by atoms with Gasteiger partial charge in [0, 0.05) is 49.2 Å². The van der Waals surface area contributed by atoms with Crippen molar-refractivity contribution in [3.8, 4) is 177 Å². The van der Waals surface area contributed by atoms with Crippen molar-refractivity contribution in [1.82, 2.24) is 0 Å². The van der Waals surface area contributed by atoms with Crippen LogP contribution in [0.4, 0.5) is 0 Å². The minimum atomic E-state index is -1.85. The van der Waals surface area contributed by atoms with Gasteiger partial charge in [0.05, 0.1) is 32.8 Å². The smallest absolute Gasteiger partial charge is 0.208 e. The van der Waals surface area contributed by atoms with Crippen molar-refractivity contribution < 1.29 is 132 Å². The summed E-state index contributed by atoms with van der Waals surface area (Å²) in [5.41, 5.74) is -10.8. The van der Waals surface area contributed by atoms with Crippen LogP contribution in [0.3, 0.4) is 0 Å². The van der Waals surface area contributed by atoms with Crippen LogP contribution in [0.2, 0.25) is 0 Å². The maximum Gasteiger partial charge on any atom is 0.208 e. The van der Waals surface area contributed by atoms with Crippen molar-refractivity contribution in [3.05, 3.63) is 5.56 Å². The Bertz CT molecular complexity index is 3940. The summed E-state index contributed by atoms with van der Waals surface area (Å²) in [6, 6.07) is 0. The van der Waals surface area contributed by atoms with Crippen LogP contribution in [0.1, 0.15) is 24.3 Å². The lowest BCUT2D eigenvalue weighted by atomic mass is 9.80. The number of furan rings is 1. The first-order valence-corrected chi connectivity index (χ1v) is 19.9. The van der Waals surface area contributed by atoms with Gasteiger partial charge in [-0.25, -0.2) is 0 Å². The fourth-order valence-corrected chi connectivity index (χ4v) is 9.33. The third-order valence-corrected chi connectivity index (χ3v) is 12.7. The Morgan fingerprint density at radius 3 is 0.873 bits per heavy atom. The zero-order valence-corrected chi connectivity index (χ0v) is 34.6. The van der Waals surface area contributed by atoms with Gasteiger partial charge in [0.25, 0.3) is 0 Å². The van der Waals surface area contributed by atoms with E-state index in [1.165, 1.54) is 0 Å². The van der Waals surface area contributed by atoms with Gasteiger partial charge in [-0.2, -0.15) is 0 Å². The van der Waals surface area contributed by atoms with Gasteiger partial charge in [-0.1, -0.05) is 0 Å². The molecule has 366 valence electrons. The van der Waals surface area contributed by atoms with Crippen molar-refractivity contribution in [2.24, 2.45) is 0 Å². The summed E-state index contributed by atoms with van der Waals surface area (Å²) in [5.74, 6) is -39.8. The zero-order chi connectivity index (χ0) is 51.9. The van der Waals surface area contributed by atoms with Gasteiger partial charge >= 0.3 is 0 Å². The largest absolute Gasteiger partial charge is 0.507 e. The van der Waals surface area contributed by atoms with Gasteiger partial charge in [0.15, 0.2) is 91.7 Å². The highest BCUT2D eigenvalue weighted by molar-refractivity contribution is 6.33. The fraction of sp³-hybridized carbons (Fsp3) is 0.0667. The summed E-state index contributed by atoms with van der Waals surface area (Å²) in [6.07, 6.45) is 0.625. The van der Waals surface area contributed by atoms with Crippen LogP contribution in [0.25, 0.3) is 87.6 Å². The molecule has 25 N–H and O–H groups in total. The van der Waals surface area contributed by atoms with E-state index in [9.17, 15) is 128 Å². The highest BCUT2D eigenvalue weighted by atomic mass is 16.4. The van der Waals surface area contributed by atoms with Gasteiger partial charge in [0.1, 0.15) is 11.5 Å². The van der Waals surface area contributed by atoms with Gasteiger partial charge < -0.3 is 132 Å². The first-order chi connectivity index (χ1) is 33.2. The van der Waals surface area contributed by atoms with E-state index >= 15 is 0 Å². The lowest BCUT2D eigenvalue weighted by Crippen LogP contribution is -1.98. The SMILES string of the molecule is Oc1c(O)c(-c2c3c(O)c(O)c(O)c(O)c3c(-c3c(O)c(O)c(O)c4c(O)c(C5CC5)c(O)c(O)c34)c3c(O)c(O)c(O)c(O)c23)c(O)c(O)c1-c1c(O)c(O)c2oc3c(O)c(O)c(O)c(O)c3c2c1O. The van der Waals surface area contributed by atoms with Crippen molar-refractivity contribution in [3.63, 3.8) is 0 Å². The van der Waals surface area contributed by atoms with Crippen LogP contribution in [-0.2, 0) is 0 Å². The van der Waals surface area contributed by atoms with Crippen LogP contribution in [-0.4, -0.2) is 128 Å². The first kappa shape index (κ1) is 44.2. The summed E-state index contributed by atoms with van der Waals surface area (Å²) in [7, 11) is 0. The minimum absolute atomic E-state index is 0.313. The average molecular weight is 987 g/mol. The van der Waals surface area contributed by atoms with E-state index in [1.54, 1.807) is 0 Å². The van der Waals surface area contributed by atoms with E-state index in [0.717, 1.165) is 0 Å². The van der Waals surface area contributed by atoms with Crippen LogP contribution < -0.4 is 0 Å². The molecule has 9 aromatic rings. The number of aromatic hydroxyl groups is 25. The predicted octanol–water partition coefficient (Wildman–Crippen LogP) is 5.56. The second-order valence-corrected chi connectivity index (χ2v) is 16.4. The number of fused-ring (bicyclic) bond motifs is 6. The molecule has 10 rings (SSSR count). The molecule has 26 heteroatoms. The molecule has 0 atom stereocenters. The maximum absolute atomic E-state index is 11.9. The Morgan fingerprint density at radius 1 is 0.197 bits per heavy atom. The fourth-order valence-electron chi connectivity index (χ4n) is 9.33. The first-order valence-electron chi connectivity index (χ1n) is 19.9. The Balaban J connectivity index is 1.43. The molecule has 71 heavy (non-hydrogen) atoms. The number of rotatable bonds is 4. The molecule has 0 radical (unpaired) electrons. The number of hydrogen-bond acceptors (Lipinski definition) is 26. The molecule has 0 saturated heterocycles. The van der Waals surface area contributed by atoms with E-state index < -0.39 is 243 Å². The highest BCUT2D eigenvalue weighted by Gasteiger charge is 2.42. The van der Waals surface area contributed by atoms with E-state index in [4.69, 9.17) is 4.42 Å². The van der Waals surface area contributed by atoms with E-state index in [1.807, 2.05) is 0 Å². The van der Waals surface area contributed by atoms with E-state index in [0.29, 0.717) is 12.8 Å². The molecule has 8 aromatic carbocycles. The van der Waals surface area contributed by atoms with Crippen LogP contribution in [0, 0.1) is 0 Å². The molecule has 0 unspecified atom stereocenters. The molecule has 26 nitrogen and oxygen atoms in total. The summed E-state index contributed by atoms with van der Waals surface area (Å²) in [6.45, 7) is 0. The van der Waals surface area contributed by atoms with Gasteiger partial charge in [-0.15, -0.1) is 0 Å². The average Bonchev–Trinajstić information content (AvgIpc) is 4.09. The number of hydrogen-bond donors (Lipinski definition) is 25. The lowest BCUT2D eigenvalue weighted by Gasteiger charge is -2.25. The van der Waals surface area contributed by atoms with Gasteiger partial charge in [-0.3, -0.25) is 0 Å². The molecule has 0 aliphatic heterocycles. The van der Waals surface area contributed by atoms with Crippen molar-refractivity contribution >= 4 is 54.3 Å². The molecular weight excluding hydrogens is 956 g/mol. The quantitative estimate of drug-likeness (QED) is 0.0582. The number of benzene rings is 8. The Morgan fingerprint density at radius 2 is 0.451 bits per heavy atom. The van der Waals surface area contributed by atoms with Gasteiger partial charge in [-0.05, 0) is 18.8 Å². The highest BCUT2D eigenvalue weighted by Crippen LogP contribution is 2.70. The molecule has 0 amide bonds. The van der Waals surface area contributed by atoms with Crippen LogP contribution in [0.5, 0.6) is 144 Å². The monoisotopic (exact) mass is 986 g/mol. The predicted molar refractivity (Wildman–Crippen MR) is 236 cm³/mol. The second-order valence-electron chi connectivity index (χ2n) is 16.4. The minimum Gasteiger partial charge on any atom is -0.507 e. The lowest BCUT2D eigenvalue weighted by molar-refractivity contribution is 0.348. The number of phenolic OH excluding ortho intramolecular Hbond substituents is 25. The Hall–Kier alpha value is -10.7. The standard InChI is InChI=1S/C45H30O26/c46-19-4(3-1-2-3)21(48)22(49)12-9(23(50)35(62)32(59)14(12)19)5-7-10(26(53)38(65)36(63)24(7)51)6(11-8(5)25(52)37(64)39(66)27(11)54)13-28(55)30(57)16(31(58)29(13)56)15-20(47)17-18-34(61)40(67)41(68)43(70)45(18)71-44(17)42(69)33(15)60/h3,46-70H,1-2H2. The molecule has 0 bridgehead atoms. The molecular formula is C45H30O26. The maximum atomic E-state index is 11.9. The Labute approximate surface area is 387 Å². The molecule has 1 saturated carbocycles. The molecule has 0 spiro atoms. The van der Waals surface area contributed by atoms with Crippen molar-refractivity contribution in [1.29, 1.82) is 0 Å². The van der Waals surface area contributed by atoms with Crippen LogP contribution in [0.15, 0.2) is 4.42 Å². The van der Waals surface area contributed by atoms with E-state index in [-0.39, 0.29) is 0 Å². The second kappa shape index (κ2) is 13.7.